The summed E-state index contributed by atoms with van der Waals surface area (Å²) in [5.74, 6) is 0. The number of aliphatic hydroxyl groups excluding tert-OH is 2. The first-order valence-corrected chi connectivity index (χ1v) is 7.08. The Morgan fingerprint density at radius 2 is 2.05 bits per heavy atom. The topological polar surface area (TPSA) is 116 Å². The molecule has 5 N–H and O–H groups in total. The normalized spacial score (nSPS) is 13.5. The largest absolute Gasteiger partial charge is 0.397 e. The Morgan fingerprint density at radius 1 is 1.42 bits per heavy atom. The molecule has 0 radical (unpaired) electrons. The van der Waals surface area contributed by atoms with Gasteiger partial charge in [-0.05, 0) is 18.2 Å². The summed E-state index contributed by atoms with van der Waals surface area (Å²) >= 11 is 0. The Balaban J connectivity index is 3.01. The minimum atomic E-state index is -3.53. The number of nitrogens with zero attached hydrogens (tertiary/aromatic N) is 1. The highest BCUT2D eigenvalue weighted by Gasteiger charge is 2.18. The maximum atomic E-state index is 12.0. The molecule has 0 aliphatic heterocycles. The average Bonchev–Trinajstić information content (AvgIpc) is 2.36. The summed E-state index contributed by atoms with van der Waals surface area (Å²) in [7, 11) is -0.657. The van der Waals surface area contributed by atoms with Crippen molar-refractivity contribution in [2.45, 2.75) is 11.0 Å². The van der Waals surface area contributed by atoms with Gasteiger partial charge in [-0.2, -0.15) is 0 Å². The number of rotatable bonds is 6. The van der Waals surface area contributed by atoms with Crippen molar-refractivity contribution >= 4 is 21.4 Å². The van der Waals surface area contributed by atoms with Gasteiger partial charge in [-0.15, -0.1) is 0 Å². The maximum absolute atomic E-state index is 12.0. The fraction of sp³-hybridized carbons (Fsp3) is 0.455. The van der Waals surface area contributed by atoms with Gasteiger partial charge < -0.3 is 21.3 Å². The Kier molecular flexibility index (Phi) is 5.12. The second-order valence-electron chi connectivity index (χ2n) is 4.25. The van der Waals surface area contributed by atoms with Gasteiger partial charge in [0.1, 0.15) is 0 Å². The molecule has 0 heterocycles. The first-order chi connectivity index (χ1) is 8.78. The van der Waals surface area contributed by atoms with Crippen LogP contribution in [0.2, 0.25) is 0 Å². The van der Waals surface area contributed by atoms with E-state index in [-0.39, 0.29) is 18.0 Å². The zero-order valence-corrected chi connectivity index (χ0v) is 11.7. The highest BCUT2D eigenvalue weighted by Crippen LogP contribution is 2.24. The summed E-state index contributed by atoms with van der Waals surface area (Å²) in [4.78, 5) is 0.104. The van der Waals surface area contributed by atoms with Crippen molar-refractivity contribution in [2.24, 2.45) is 0 Å². The molecule has 8 heteroatoms. The minimum Gasteiger partial charge on any atom is -0.397 e. The second-order valence-corrected chi connectivity index (χ2v) is 6.41. The van der Waals surface area contributed by atoms with E-state index in [0.29, 0.717) is 11.4 Å². The van der Waals surface area contributed by atoms with E-state index in [1.165, 1.54) is 32.3 Å². The van der Waals surface area contributed by atoms with Crippen LogP contribution in [0.3, 0.4) is 0 Å². The summed E-state index contributed by atoms with van der Waals surface area (Å²) in [6.45, 7) is -0.311. The third-order valence-electron chi connectivity index (χ3n) is 2.54. The summed E-state index contributed by atoms with van der Waals surface area (Å²) in [5.41, 5.74) is 6.48. The molecule has 0 saturated carbocycles. The number of anilines is 2. The van der Waals surface area contributed by atoms with Crippen LogP contribution < -0.4 is 11.1 Å². The Morgan fingerprint density at radius 3 is 2.58 bits per heavy atom. The van der Waals surface area contributed by atoms with Crippen LogP contribution in [-0.2, 0) is 10.0 Å². The van der Waals surface area contributed by atoms with Crippen molar-refractivity contribution in [1.82, 2.24) is 4.31 Å². The van der Waals surface area contributed by atoms with Crippen LogP contribution >= 0.6 is 0 Å². The maximum Gasteiger partial charge on any atom is 0.242 e. The second kappa shape index (κ2) is 6.20. The van der Waals surface area contributed by atoms with Crippen molar-refractivity contribution < 1.29 is 18.6 Å². The molecule has 19 heavy (non-hydrogen) atoms. The number of hydrogen-bond donors (Lipinski definition) is 4. The van der Waals surface area contributed by atoms with E-state index in [0.717, 1.165) is 4.31 Å². The smallest absolute Gasteiger partial charge is 0.242 e. The summed E-state index contributed by atoms with van der Waals surface area (Å²) < 4.78 is 25.0. The van der Waals surface area contributed by atoms with Crippen LogP contribution in [0.25, 0.3) is 0 Å². The van der Waals surface area contributed by atoms with Gasteiger partial charge in [0.05, 0.1) is 29.0 Å². The van der Waals surface area contributed by atoms with E-state index in [9.17, 15) is 13.5 Å². The van der Waals surface area contributed by atoms with Crippen molar-refractivity contribution in [3.8, 4) is 0 Å². The number of sulfonamides is 1. The molecule has 0 aliphatic rings. The summed E-state index contributed by atoms with van der Waals surface area (Å²) in [5, 5.41) is 20.8. The molecule has 1 aromatic rings. The van der Waals surface area contributed by atoms with Gasteiger partial charge in [-0.3, -0.25) is 0 Å². The number of benzene rings is 1. The van der Waals surface area contributed by atoms with Gasteiger partial charge in [0.25, 0.3) is 0 Å². The lowest BCUT2D eigenvalue weighted by molar-refractivity contribution is 0.105. The van der Waals surface area contributed by atoms with E-state index >= 15 is 0 Å². The molecule has 1 unspecified atom stereocenters. The van der Waals surface area contributed by atoms with Gasteiger partial charge in [-0.1, -0.05) is 0 Å². The van der Waals surface area contributed by atoms with E-state index in [2.05, 4.69) is 5.32 Å². The summed E-state index contributed by atoms with van der Waals surface area (Å²) in [6.07, 6.45) is -0.937. The molecule has 0 aromatic heterocycles. The molecule has 0 bridgehead atoms. The predicted octanol–water partition coefficient (Wildman–Crippen LogP) is -0.716. The zero-order chi connectivity index (χ0) is 14.6. The molecule has 0 spiro atoms. The van der Waals surface area contributed by atoms with E-state index < -0.39 is 16.1 Å². The molecular weight excluding hydrogens is 270 g/mol. The number of aliphatic hydroxyl groups is 2. The van der Waals surface area contributed by atoms with Crippen LogP contribution in [0.5, 0.6) is 0 Å². The third-order valence-corrected chi connectivity index (χ3v) is 4.35. The van der Waals surface area contributed by atoms with E-state index in [1.807, 2.05) is 0 Å². The quantitative estimate of drug-likeness (QED) is 0.514. The fourth-order valence-corrected chi connectivity index (χ4v) is 2.28. The minimum absolute atomic E-state index is 0.0756. The average molecular weight is 289 g/mol. The highest BCUT2D eigenvalue weighted by molar-refractivity contribution is 7.89. The Bertz CT molecular complexity index is 531. The van der Waals surface area contributed by atoms with Gasteiger partial charge in [-0.25, -0.2) is 12.7 Å². The van der Waals surface area contributed by atoms with Crippen LogP contribution in [-0.4, -0.2) is 56.3 Å². The molecule has 0 aliphatic carbocycles. The molecule has 1 atom stereocenters. The molecule has 1 rings (SSSR count). The zero-order valence-electron chi connectivity index (χ0n) is 10.9. The number of nitrogens with one attached hydrogen (secondary N) is 1. The molecule has 0 saturated heterocycles. The number of hydrogen-bond acceptors (Lipinski definition) is 6. The van der Waals surface area contributed by atoms with E-state index in [4.69, 9.17) is 10.8 Å². The lowest BCUT2D eigenvalue weighted by Gasteiger charge is -2.15. The van der Waals surface area contributed by atoms with Gasteiger partial charge >= 0.3 is 0 Å². The summed E-state index contributed by atoms with van der Waals surface area (Å²) in [6, 6.07) is 4.29. The molecule has 108 valence electrons. The van der Waals surface area contributed by atoms with Crippen molar-refractivity contribution in [2.75, 3.05) is 38.3 Å². The first kappa shape index (κ1) is 15.7. The molecule has 7 nitrogen and oxygen atoms in total. The van der Waals surface area contributed by atoms with Crippen molar-refractivity contribution in [1.29, 1.82) is 0 Å². The molecular formula is C11H19N3O4S. The molecule has 0 amide bonds. The van der Waals surface area contributed by atoms with Crippen molar-refractivity contribution in [3.63, 3.8) is 0 Å². The third kappa shape index (κ3) is 3.80. The highest BCUT2D eigenvalue weighted by atomic mass is 32.2. The van der Waals surface area contributed by atoms with Gasteiger partial charge in [0.15, 0.2) is 0 Å². The number of nitrogens with two attached hydrogens (primary N) is 1. The Labute approximate surface area is 112 Å². The monoisotopic (exact) mass is 289 g/mol. The molecule has 0 fully saturated rings. The van der Waals surface area contributed by atoms with Crippen molar-refractivity contribution in [3.05, 3.63) is 18.2 Å². The van der Waals surface area contributed by atoms with Crippen LogP contribution in [0.1, 0.15) is 0 Å². The van der Waals surface area contributed by atoms with Gasteiger partial charge in [0.2, 0.25) is 10.0 Å². The first-order valence-electron chi connectivity index (χ1n) is 5.64. The lowest BCUT2D eigenvalue weighted by Crippen LogP contribution is -2.24. The van der Waals surface area contributed by atoms with Crippen LogP contribution in [0.15, 0.2) is 23.1 Å². The van der Waals surface area contributed by atoms with E-state index in [1.54, 1.807) is 0 Å². The SMILES string of the molecule is CN(C)S(=O)(=O)c1ccc(N)c(NCC(O)CO)c1. The predicted molar refractivity (Wildman–Crippen MR) is 73.3 cm³/mol. The number of nitrogen functional groups attached to an aromatic ring is 1. The standard InChI is InChI=1S/C11H19N3O4S/c1-14(2)19(17,18)9-3-4-10(12)11(5-9)13-6-8(16)7-15/h3-5,8,13,15-16H,6-7,12H2,1-2H3. The lowest BCUT2D eigenvalue weighted by atomic mass is 10.2. The van der Waals surface area contributed by atoms with Crippen LogP contribution in [0, 0.1) is 0 Å². The molecule has 1 aromatic carbocycles. The Hall–Kier alpha value is -1.35. The fourth-order valence-electron chi connectivity index (χ4n) is 1.35. The van der Waals surface area contributed by atoms with Crippen LogP contribution in [0.4, 0.5) is 11.4 Å². The van der Waals surface area contributed by atoms with Gasteiger partial charge in [0, 0.05) is 20.6 Å².